The standard InChI is InChI=1S/C34H44N2O8/c37-29(25-11-3-1-4-12-25)33(41)17-9-7-15-27(33)31(39)35-19-21-43-23-24-44-22-20-36-32(40)28-16-8-10-18-34(28,42)30(38)26-13-5-2-6-14-26/h1-6,11-14,27-28,41-42H,7-10,15-24H2,(H,35,39)(H,36,40). The van der Waals surface area contributed by atoms with Gasteiger partial charge < -0.3 is 30.3 Å². The van der Waals surface area contributed by atoms with Crippen molar-refractivity contribution >= 4 is 23.4 Å². The van der Waals surface area contributed by atoms with Crippen LogP contribution in [0.25, 0.3) is 0 Å². The summed E-state index contributed by atoms with van der Waals surface area (Å²) in [6, 6.07) is 17.1. The van der Waals surface area contributed by atoms with Crippen molar-refractivity contribution in [2.75, 3.05) is 39.5 Å². The molecule has 0 aromatic heterocycles. The monoisotopic (exact) mass is 608 g/mol. The Bertz CT molecular complexity index is 1160. The molecule has 4 unspecified atom stereocenters. The number of ether oxygens (including phenoxy) is 2. The number of Topliss-reactive ketones (excluding diaryl/α,β-unsaturated/α-hetero) is 2. The molecule has 0 saturated heterocycles. The van der Waals surface area contributed by atoms with Crippen molar-refractivity contribution in [1.82, 2.24) is 10.6 Å². The number of hydrogen-bond acceptors (Lipinski definition) is 8. The molecule has 0 spiro atoms. The number of aliphatic hydroxyl groups is 2. The van der Waals surface area contributed by atoms with Crippen LogP contribution in [-0.4, -0.2) is 84.3 Å². The molecule has 0 radical (unpaired) electrons. The molecular weight excluding hydrogens is 564 g/mol. The summed E-state index contributed by atoms with van der Waals surface area (Å²) in [6.45, 7) is 1.48. The van der Waals surface area contributed by atoms with Crippen LogP contribution in [-0.2, 0) is 19.1 Å². The summed E-state index contributed by atoms with van der Waals surface area (Å²) in [5, 5.41) is 28.1. The molecule has 10 nitrogen and oxygen atoms in total. The highest BCUT2D eigenvalue weighted by atomic mass is 16.5. The first kappa shape index (κ1) is 33.5. The fraction of sp³-hybridized carbons (Fsp3) is 0.529. The number of ketones is 2. The molecule has 4 rings (SSSR count). The molecule has 2 fully saturated rings. The minimum Gasteiger partial charge on any atom is -0.381 e. The number of benzene rings is 2. The topological polar surface area (TPSA) is 151 Å². The predicted octanol–water partition coefficient (Wildman–Crippen LogP) is 2.86. The number of carbonyl (C=O) groups excluding carboxylic acids is 4. The average Bonchev–Trinajstić information content (AvgIpc) is 3.05. The summed E-state index contributed by atoms with van der Waals surface area (Å²) in [5.74, 6) is -3.19. The third-order valence-electron chi connectivity index (χ3n) is 8.71. The predicted molar refractivity (Wildman–Crippen MR) is 163 cm³/mol. The van der Waals surface area contributed by atoms with Gasteiger partial charge in [0.05, 0.1) is 38.3 Å². The zero-order chi connectivity index (χ0) is 31.4. The first-order chi connectivity index (χ1) is 21.3. The fourth-order valence-corrected chi connectivity index (χ4v) is 6.29. The van der Waals surface area contributed by atoms with Gasteiger partial charge in [-0.3, -0.25) is 19.2 Å². The van der Waals surface area contributed by atoms with E-state index in [2.05, 4.69) is 10.6 Å². The van der Waals surface area contributed by atoms with Crippen LogP contribution >= 0.6 is 0 Å². The molecule has 10 heteroatoms. The summed E-state index contributed by atoms with van der Waals surface area (Å²) in [7, 11) is 0. The third kappa shape index (κ3) is 8.18. The van der Waals surface area contributed by atoms with E-state index >= 15 is 0 Å². The maximum Gasteiger partial charge on any atom is 0.226 e. The Morgan fingerprint density at radius 3 is 1.39 bits per heavy atom. The Morgan fingerprint density at radius 2 is 1.00 bits per heavy atom. The van der Waals surface area contributed by atoms with E-state index in [1.54, 1.807) is 60.7 Å². The van der Waals surface area contributed by atoms with E-state index in [0.29, 0.717) is 36.8 Å². The highest BCUT2D eigenvalue weighted by Crippen LogP contribution is 2.38. The van der Waals surface area contributed by atoms with Crippen molar-refractivity contribution in [1.29, 1.82) is 0 Å². The highest BCUT2D eigenvalue weighted by molar-refractivity contribution is 6.06. The molecule has 2 aliphatic carbocycles. The molecule has 2 aliphatic rings. The van der Waals surface area contributed by atoms with E-state index in [1.807, 2.05) is 0 Å². The van der Waals surface area contributed by atoms with Crippen molar-refractivity contribution in [2.45, 2.75) is 62.6 Å². The minimum absolute atomic E-state index is 0.229. The molecule has 4 atom stereocenters. The molecule has 0 heterocycles. The average molecular weight is 609 g/mol. The van der Waals surface area contributed by atoms with Gasteiger partial charge in [-0.05, 0) is 25.7 Å². The van der Waals surface area contributed by atoms with Gasteiger partial charge in [-0.15, -0.1) is 0 Å². The van der Waals surface area contributed by atoms with Crippen LogP contribution in [0.3, 0.4) is 0 Å². The first-order valence-corrected chi connectivity index (χ1v) is 15.6. The van der Waals surface area contributed by atoms with Crippen molar-refractivity contribution in [2.24, 2.45) is 11.8 Å². The van der Waals surface area contributed by atoms with Gasteiger partial charge in [-0.2, -0.15) is 0 Å². The molecule has 0 bridgehead atoms. The lowest BCUT2D eigenvalue weighted by Gasteiger charge is -2.37. The SMILES string of the molecule is O=C(NCCOCCOCCNC(=O)C1CCCCC1(O)C(=O)c1ccccc1)C1CCCCC1(O)C(=O)c1ccccc1. The second-order valence-electron chi connectivity index (χ2n) is 11.6. The van der Waals surface area contributed by atoms with Gasteiger partial charge in [0, 0.05) is 24.2 Å². The third-order valence-corrected chi connectivity index (χ3v) is 8.71. The van der Waals surface area contributed by atoms with E-state index in [0.717, 1.165) is 12.8 Å². The van der Waals surface area contributed by atoms with Gasteiger partial charge in [0.15, 0.2) is 11.6 Å². The van der Waals surface area contributed by atoms with E-state index in [4.69, 9.17) is 9.47 Å². The zero-order valence-electron chi connectivity index (χ0n) is 25.2. The molecule has 0 aliphatic heterocycles. The summed E-state index contributed by atoms with van der Waals surface area (Å²) in [6.07, 6.45) is 4.28. The molecule has 238 valence electrons. The quantitative estimate of drug-likeness (QED) is 0.178. The van der Waals surface area contributed by atoms with E-state index in [9.17, 15) is 29.4 Å². The maximum atomic E-state index is 13.1. The maximum absolute atomic E-state index is 13.1. The van der Waals surface area contributed by atoms with E-state index in [1.165, 1.54) is 0 Å². The number of nitrogens with one attached hydrogen (secondary N) is 2. The Kier molecular flexibility index (Phi) is 12.2. The Labute approximate surface area is 258 Å². The molecule has 2 aromatic rings. The van der Waals surface area contributed by atoms with Crippen molar-refractivity contribution in [3.63, 3.8) is 0 Å². The number of amides is 2. The van der Waals surface area contributed by atoms with Gasteiger partial charge in [0.2, 0.25) is 11.8 Å². The lowest BCUT2D eigenvalue weighted by atomic mass is 9.71. The Hall–Kier alpha value is -3.44. The fourth-order valence-electron chi connectivity index (χ4n) is 6.29. The lowest BCUT2D eigenvalue weighted by Crippen LogP contribution is -2.54. The first-order valence-electron chi connectivity index (χ1n) is 15.6. The van der Waals surface area contributed by atoms with Gasteiger partial charge in [0.1, 0.15) is 11.2 Å². The summed E-state index contributed by atoms with van der Waals surface area (Å²) >= 11 is 0. The van der Waals surface area contributed by atoms with Crippen LogP contribution in [0, 0.1) is 11.8 Å². The molecule has 4 N–H and O–H groups in total. The smallest absolute Gasteiger partial charge is 0.226 e. The minimum atomic E-state index is -1.72. The van der Waals surface area contributed by atoms with Crippen LogP contribution in [0.1, 0.15) is 72.1 Å². The zero-order valence-corrected chi connectivity index (χ0v) is 25.2. The normalized spacial score (nSPS) is 25.1. The molecule has 44 heavy (non-hydrogen) atoms. The van der Waals surface area contributed by atoms with Crippen LogP contribution in [0.4, 0.5) is 0 Å². The van der Waals surface area contributed by atoms with Crippen LogP contribution in [0.15, 0.2) is 60.7 Å². The second kappa shape index (κ2) is 16.0. The van der Waals surface area contributed by atoms with Gasteiger partial charge in [-0.1, -0.05) is 86.3 Å². The van der Waals surface area contributed by atoms with Crippen LogP contribution in [0.5, 0.6) is 0 Å². The van der Waals surface area contributed by atoms with Crippen LogP contribution in [0.2, 0.25) is 0 Å². The number of hydrogen-bond donors (Lipinski definition) is 4. The van der Waals surface area contributed by atoms with E-state index in [-0.39, 0.29) is 64.2 Å². The van der Waals surface area contributed by atoms with Gasteiger partial charge in [-0.25, -0.2) is 0 Å². The summed E-state index contributed by atoms with van der Waals surface area (Å²) in [4.78, 5) is 51.9. The number of carbonyl (C=O) groups is 4. The van der Waals surface area contributed by atoms with E-state index < -0.39 is 34.6 Å². The Morgan fingerprint density at radius 1 is 0.614 bits per heavy atom. The molecule has 2 aromatic carbocycles. The molecule has 2 amide bonds. The van der Waals surface area contributed by atoms with Crippen molar-refractivity contribution in [3.8, 4) is 0 Å². The summed E-state index contributed by atoms with van der Waals surface area (Å²) in [5.41, 5.74) is -2.65. The van der Waals surface area contributed by atoms with Crippen LogP contribution < -0.4 is 10.6 Å². The largest absolute Gasteiger partial charge is 0.381 e. The van der Waals surface area contributed by atoms with Crippen molar-refractivity contribution < 1.29 is 38.9 Å². The molecule has 2 saturated carbocycles. The lowest BCUT2D eigenvalue weighted by molar-refractivity contribution is -0.135. The second-order valence-corrected chi connectivity index (χ2v) is 11.6. The van der Waals surface area contributed by atoms with Crippen molar-refractivity contribution in [3.05, 3.63) is 71.8 Å². The number of rotatable bonds is 15. The summed E-state index contributed by atoms with van der Waals surface area (Å²) < 4.78 is 11.1. The Balaban J connectivity index is 1.10. The van der Waals surface area contributed by atoms with Gasteiger partial charge in [0.25, 0.3) is 0 Å². The van der Waals surface area contributed by atoms with Gasteiger partial charge >= 0.3 is 0 Å². The highest BCUT2D eigenvalue weighted by Gasteiger charge is 2.50. The molecular formula is C34H44N2O8.